The maximum atomic E-state index is 12.5. The lowest BCUT2D eigenvalue weighted by Crippen LogP contribution is -2.24. The zero-order chi connectivity index (χ0) is 21.1. The molecule has 7 nitrogen and oxygen atoms in total. The van der Waals surface area contributed by atoms with Gasteiger partial charge in [0.25, 0.3) is 5.91 Å². The molecule has 0 radical (unpaired) electrons. The number of hydrogen-bond acceptors (Lipinski definition) is 5. The minimum absolute atomic E-state index is 0.126. The lowest BCUT2D eigenvalue weighted by atomic mass is 10.0. The first-order chi connectivity index (χ1) is 13.8. The van der Waals surface area contributed by atoms with Gasteiger partial charge in [-0.2, -0.15) is 8.78 Å². The molecule has 29 heavy (non-hydrogen) atoms. The van der Waals surface area contributed by atoms with Crippen LogP contribution in [0.2, 0.25) is 0 Å². The Balaban J connectivity index is 1.94. The number of rotatable bonds is 5. The third kappa shape index (κ3) is 4.45. The van der Waals surface area contributed by atoms with E-state index in [9.17, 15) is 13.6 Å². The molecular formula is C20H20F2N6O. The second kappa shape index (κ2) is 8.17. The second-order valence-corrected chi connectivity index (χ2v) is 6.57. The molecular weight excluding hydrogens is 378 g/mol. The van der Waals surface area contributed by atoms with Crippen LogP contribution in [0.4, 0.5) is 14.5 Å². The van der Waals surface area contributed by atoms with Gasteiger partial charge in [-0.1, -0.05) is 0 Å². The highest BCUT2D eigenvalue weighted by Crippen LogP contribution is 2.35. The number of amidine groups is 1. The van der Waals surface area contributed by atoms with Gasteiger partial charge in [-0.3, -0.25) is 20.2 Å². The van der Waals surface area contributed by atoms with Crippen molar-refractivity contribution in [1.29, 1.82) is 5.41 Å². The number of hydrogen-bond donors (Lipinski definition) is 4. The Bertz CT molecular complexity index is 1050. The number of fused-ring (bicyclic) bond motifs is 1. The summed E-state index contributed by atoms with van der Waals surface area (Å²) in [6.45, 7) is 2.31. The van der Waals surface area contributed by atoms with Gasteiger partial charge in [0.15, 0.2) is 0 Å². The molecule has 0 bridgehead atoms. The number of aryl methyl sites for hydroxylation is 1. The van der Waals surface area contributed by atoms with Crippen LogP contribution >= 0.6 is 0 Å². The van der Waals surface area contributed by atoms with Gasteiger partial charge in [0.05, 0.1) is 23.2 Å². The molecule has 9 heteroatoms. The molecule has 4 N–H and O–H groups in total. The van der Waals surface area contributed by atoms with Crippen molar-refractivity contribution in [3.05, 3.63) is 59.3 Å². The lowest BCUT2D eigenvalue weighted by molar-refractivity contribution is -0.110. The minimum atomic E-state index is -2.71. The summed E-state index contributed by atoms with van der Waals surface area (Å²) < 4.78 is 24.7. The molecule has 0 fully saturated rings. The fourth-order valence-corrected chi connectivity index (χ4v) is 3.05. The van der Waals surface area contributed by atoms with Gasteiger partial charge >= 0.3 is 6.55 Å². The predicted molar refractivity (Wildman–Crippen MR) is 107 cm³/mol. The summed E-state index contributed by atoms with van der Waals surface area (Å²) in [5.41, 5.74) is 4.65. The molecule has 0 unspecified atom stereocenters. The number of amides is 1. The van der Waals surface area contributed by atoms with Crippen LogP contribution in [0.15, 0.2) is 48.2 Å². The molecule has 1 aliphatic heterocycles. The Morgan fingerprint density at radius 3 is 2.72 bits per heavy atom. The van der Waals surface area contributed by atoms with Crippen LogP contribution < -0.4 is 16.0 Å². The summed E-state index contributed by atoms with van der Waals surface area (Å²) in [4.78, 5) is 21.0. The number of pyridine rings is 2. The number of alkyl halides is 2. The Morgan fingerprint density at radius 1 is 1.28 bits per heavy atom. The first-order valence-electron chi connectivity index (χ1n) is 8.78. The number of nitrogens with zero attached hydrogens (tertiary/aromatic N) is 2. The first kappa shape index (κ1) is 20.1. The smallest absolute Gasteiger partial charge is 0.312 e. The van der Waals surface area contributed by atoms with Crippen LogP contribution in [0.5, 0.6) is 0 Å². The zero-order valence-corrected chi connectivity index (χ0v) is 16.1. The largest absolute Gasteiger partial charge is 0.344 e. The molecule has 150 valence electrons. The van der Waals surface area contributed by atoms with Crippen molar-refractivity contribution in [2.24, 2.45) is 0 Å². The van der Waals surface area contributed by atoms with Crippen molar-refractivity contribution < 1.29 is 13.6 Å². The number of anilines is 1. The van der Waals surface area contributed by atoms with Crippen molar-refractivity contribution >= 4 is 23.0 Å². The van der Waals surface area contributed by atoms with E-state index in [1.807, 2.05) is 18.3 Å². The lowest BCUT2D eigenvalue weighted by Gasteiger charge is -2.11. The van der Waals surface area contributed by atoms with E-state index in [-0.39, 0.29) is 17.4 Å². The third-order valence-electron chi connectivity index (χ3n) is 4.36. The van der Waals surface area contributed by atoms with Crippen molar-refractivity contribution in [3.8, 4) is 11.3 Å². The van der Waals surface area contributed by atoms with Crippen LogP contribution in [-0.4, -0.2) is 28.3 Å². The van der Waals surface area contributed by atoms with E-state index in [0.29, 0.717) is 28.2 Å². The molecule has 2 aromatic heterocycles. The Morgan fingerprint density at radius 2 is 2.03 bits per heavy atom. The van der Waals surface area contributed by atoms with E-state index in [2.05, 4.69) is 20.6 Å². The number of nitrogens with one attached hydrogen (secondary N) is 4. The molecule has 2 aromatic rings. The topological polar surface area (TPSA) is 103 Å². The van der Waals surface area contributed by atoms with Crippen LogP contribution in [0.3, 0.4) is 0 Å². The molecule has 3 heterocycles. The van der Waals surface area contributed by atoms with Crippen molar-refractivity contribution in [2.75, 3.05) is 5.32 Å². The first-order valence-corrected chi connectivity index (χ1v) is 8.78. The number of allylic oxidation sites excluding steroid dienone is 2. The Kier molecular flexibility index (Phi) is 5.67. The summed E-state index contributed by atoms with van der Waals surface area (Å²) >= 11 is 0. The zero-order valence-electron chi connectivity index (χ0n) is 16.1. The van der Waals surface area contributed by atoms with Gasteiger partial charge in [-0.25, -0.2) is 0 Å². The maximum Gasteiger partial charge on any atom is 0.312 e. The highest BCUT2D eigenvalue weighted by atomic mass is 19.3. The fourth-order valence-electron chi connectivity index (χ4n) is 3.05. The molecule has 3 rings (SSSR count). The average Bonchev–Trinajstić information content (AvgIpc) is 2.96. The summed E-state index contributed by atoms with van der Waals surface area (Å²) in [6.07, 6.45) is 6.21. The summed E-state index contributed by atoms with van der Waals surface area (Å²) in [5.74, 6) is -0.453. The quantitative estimate of drug-likeness (QED) is 0.268. The van der Waals surface area contributed by atoms with Gasteiger partial charge < -0.3 is 16.0 Å². The monoisotopic (exact) mass is 398 g/mol. The van der Waals surface area contributed by atoms with E-state index < -0.39 is 6.55 Å². The Hall–Kier alpha value is -3.62. The van der Waals surface area contributed by atoms with Crippen LogP contribution in [0, 0.1) is 12.3 Å². The van der Waals surface area contributed by atoms with Crippen molar-refractivity contribution in [1.82, 2.24) is 20.6 Å². The molecule has 0 saturated heterocycles. The Labute approximate surface area is 166 Å². The van der Waals surface area contributed by atoms with Gasteiger partial charge in [-0.15, -0.1) is 0 Å². The number of carbonyl (C=O) groups is 1. The molecule has 0 spiro atoms. The van der Waals surface area contributed by atoms with Gasteiger partial charge in [-0.05, 0) is 44.5 Å². The average molecular weight is 398 g/mol. The van der Waals surface area contributed by atoms with Crippen molar-refractivity contribution in [3.63, 3.8) is 0 Å². The number of aromatic nitrogens is 2. The van der Waals surface area contributed by atoms with Crippen LogP contribution in [-0.2, 0) is 4.79 Å². The molecule has 0 aromatic carbocycles. The fraction of sp³-hybridized carbons (Fsp3) is 0.200. The van der Waals surface area contributed by atoms with E-state index in [4.69, 9.17) is 5.41 Å². The summed E-state index contributed by atoms with van der Waals surface area (Å²) in [6, 6.07) is 3.67. The van der Waals surface area contributed by atoms with E-state index in [1.165, 1.54) is 13.0 Å². The highest BCUT2D eigenvalue weighted by Gasteiger charge is 2.27. The molecule has 0 aliphatic carbocycles. The predicted octanol–water partition coefficient (Wildman–Crippen LogP) is 3.42. The third-order valence-corrected chi connectivity index (χ3v) is 4.36. The minimum Gasteiger partial charge on any atom is -0.344 e. The van der Waals surface area contributed by atoms with Gasteiger partial charge in [0, 0.05) is 34.9 Å². The van der Waals surface area contributed by atoms with Gasteiger partial charge in [0.1, 0.15) is 5.84 Å². The van der Waals surface area contributed by atoms with Crippen LogP contribution in [0.25, 0.3) is 16.8 Å². The summed E-state index contributed by atoms with van der Waals surface area (Å²) in [7, 11) is 0. The molecule has 1 aliphatic rings. The van der Waals surface area contributed by atoms with E-state index in [1.54, 1.807) is 31.6 Å². The molecule has 0 atom stereocenters. The van der Waals surface area contributed by atoms with E-state index >= 15 is 0 Å². The maximum absolute atomic E-state index is 12.5. The summed E-state index contributed by atoms with van der Waals surface area (Å²) in [5, 5.41) is 15.4. The highest BCUT2D eigenvalue weighted by molar-refractivity contribution is 6.32. The number of carbonyl (C=O) groups excluding carboxylic acids is 1. The second-order valence-electron chi connectivity index (χ2n) is 6.57. The molecule has 0 saturated carbocycles. The van der Waals surface area contributed by atoms with Crippen molar-refractivity contribution in [2.45, 2.75) is 27.3 Å². The normalized spacial score (nSPS) is 15.1. The standard InChI is InChI=1S/C20H20F2N6O/c1-10-4-5-24-8-14(10)15-7-13-16(9-25-15)28-19(29)18(13)12(3)27-17(23)6-11(2)26-20(21)22/h4-9,20,26H,1-3H3,(H2,23,27)(H,28,29)/b11-6-,18-12-. The SMILES string of the molecule is C/C(=C/C(=N)N/C(C)=C1\C(=O)Nc2cnc(-c3cnccc3C)cc21)NC(F)F. The van der Waals surface area contributed by atoms with E-state index in [0.717, 1.165) is 11.1 Å². The van der Waals surface area contributed by atoms with Gasteiger partial charge in [0.2, 0.25) is 0 Å². The van der Waals surface area contributed by atoms with Crippen LogP contribution in [0.1, 0.15) is 25.0 Å². The molecule has 1 amide bonds. The number of halogens is 2.